The number of halogens is 1. The lowest BCUT2D eigenvalue weighted by atomic mass is 10.0. The van der Waals surface area contributed by atoms with E-state index in [2.05, 4.69) is 10.3 Å². The summed E-state index contributed by atoms with van der Waals surface area (Å²) in [5, 5.41) is 11.8. The first-order valence-corrected chi connectivity index (χ1v) is 8.05. The SMILES string of the molecule is CC(=O)NCC1CN(c2ccc(-c3cncc(CO)c3)c(F)c2)C(=O)O1. The van der Waals surface area contributed by atoms with E-state index in [-0.39, 0.29) is 25.6 Å². The van der Waals surface area contributed by atoms with Gasteiger partial charge in [-0.2, -0.15) is 0 Å². The molecular formula is C18H18FN3O4. The van der Waals surface area contributed by atoms with E-state index in [1.54, 1.807) is 18.2 Å². The molecule has 2 heterocycles. The predicted octanol–water partition coefficient (Wildman–Crippen LogP) is 1.84. The Hall–Kier alpha value is -3.00. The van der Waals surface area contributed by atoms with E-state index < -0.39 is 18.0 Å². The van der Waals surface area contributed by atoms with Crippen LogP contribution in [0.1, 0.15) is 12.5 Å². The fraction of sp³-hybridized carbons (Fsp3) is 0.278. The van der Waals surface area contributed by atoms with Crippen molar-refractivity contribution >= 4 is 17.7 Å². The molecule has 1 saturated heterocycles. The van der Waals surface area contributed by atoms with Crippen molar-refractivity contribution in [3.05, 3.63) is 48.0 Å². The largest absolute Gasteiger partial charge is 0.442 e. The van der Waals surface area contributed by atoms with Crippen LogP contribution in [0.5, 0.6) is 0 Å². The van der Waals surface area contributed by atoms with Gasteiger partial charge in [-0.1, -0.05) is 0 Å². The van der Waals surface area contributed by atoms with Gasteiger partial charge in [-0.25, -0.2) is 9.18 Å². The highest BCUT2D eigenvalue weighted by Crippen LogP contribution is 2.29. The summed E-state index contributed by atoms with van der Waals surface area (Å²) in [7, 11) is 0. The summed E-state index contributed by atoms with van der Waals surface area (Å²) in [6, 6.07) is 6.07. The molecule has 2 amide bonds. The van der Waals surface area contributed by atoms with Crippen molar-refractivity contribution in [1.82, 2.24) is 10.3 Å². The number of benzene rings is 1. The lowest BCUT2D eigenvalue weighted by molar-refractivity contribution is -0.119. The zero-order chi connectivity index (χ0) is 18.7. The third-order valence-electron chi connectivity index (χ3n) is 4.01. The molecule has 0 bridgehead atoms. The lowest BCUT2D eigenvalue weighted by Gasteiger charge is -2.14. The molecular weight excluding hydrogens is 341 g/mol. The number of carbonyl (C=O) groups excluding carboxylic acids is 2. The van der Waals surface area contributed by atoms with Crippen LogP contribution in [0.4, 0.5) is 14.9 Å². The van der Waals surface area contributed by atoms with Gasteiger partial charge >= 0.3 is 6.09 Å². The quantitative estimate of drug-likeness (QED) is 0.850. The summed E-state index contributed by atoms with van der Waals surface area (Å²) in [4.78, 5) is 28.3. The van der Waals surface area contributed by atoms with Gasteiger partial charge in [-0.05, 0) is 29.8 Å². The molecule has 136 valence electrons. The molecule has 0 spiro atoms. The van der Waals surface area contributed by atoms with Gasteiger partial charge in [-0.15, -0.1) is 0 Å². The first-order chi connectivity index (χ1) is 12.5. The topological polar surface area (TPSA) is 91.8 Å². The number of aliphatic hydroxyl groups is 1. The zero-order valence-corrected chi connectivity index (χ0v) is 14.1. The molecule has 1 aliphatic heterocycles. The Morgan fingerprint density at radius 1 is 1.42 bits per heavy atom. The van der Waals surface area contributed by atoms with Gasteiger partial charge in [0, 0.05) is 30.4 Å². The summed E-state index contributed by atoms with van der Waals surface area (Å²) in [6.45, 7) is 1.62. The Labute approximate surface area is 149 Å². The highest BCUT2D eigenvalue weighted by atomic mass is 19.1. The molecule has 3 rings (SSSR count). The molecule has 2 aromatic rings. The Morgan fingerprint density at radius 3 is 2.92 bits per heavy atom. The standard InChI is InChI=1S/C18H18FN3O4/c1-11(24)21-8-15-9-22(18(25)26-15)14-2-3-16(17(19)5-14)13-4-12(10-23)6-20-7-13/h2-7,15,23H,8-10H2,1H3,(H,21,24). The van der Waals surface area contributed by atoms with Crippen molar-refractivity contribution in [2.75, 3.05) is 18.0 Å². The van der Waals surface area contributed by atoms with Crippen molar-refractivity contribution in [2.24, 2.45) is 0 Å². The van der Waals surface area contributed by atoms with Gasteiger partial charge in [0.15, 0.2) is 0 Å². The van der Waals surface area contributed by atoms with Gasteiger partial charge in [-0.3, -0.25) is 14.7 Å². The molecule has 0 saturated carbocycles. The summed E-state index contributed by atoms with van der Waals surface area (Å²) in [5.41, 5.74) is 1.80. The number of ether oxygens (including phenoxy) is 1. The van der Waals surface area contributed by atoms with Gasteiger partial charge in [0.25, 0.3) is 0 Å². The molecule has 7 nitrogen and oxygen atoms in total. The molecule has 1 atom stereocenters. The van der Waals surface area contributed by atoms with Gasteiger partial charge in [0.1, 0.15) is 11.9 Å². The minimum atomic E-state index is -0.587. The number of nitrogens with one attached hydrogen (secondary N) is 1. The molecule has 1 aromatic heterocycles. The third-order valence-corrected chi connectivity index (χ3v) is 4.01. The molecule has 0 radical (unpaired) electrons. The maximum Gasteiger partial charge on any atom is 0.414 e. The van der Waals surface area contributed by atoms with Crippen molar-refractivity contribution < 1.29 is 23.8 Å². The number of carbonyl (C=O) groups is 2. The Balaban J connectivity index is 1.79. The Kier molecular flexibility index (Phi) is 5.13. The number of pyridine rings is 1. The summed E-state index contributed by atoms with van der Waals surface area (Å²) in [5.74, 6) is -0.730. The van der Waals surface area contributed by atoms with Crippen LogP contribution >= 0.6 is 0 Å². The number of nitrogens with zero attached hydrogens (tertiary/aromatic N) is 2. The van der Waals surface area contributed by atoms with E-state index in [4.69, 9.17) is 4.74 Å². The second-order valence-corrected chi connectivity index (χ2v) is 5.96. The highest BCUT2D eigenvalue weighted by Gasteiger charge is 2.32. The number of rotatable bonds is 5. The molecule has 0 aliphatic carbocycles. The number of aliphatic hydroxyl groups excluding tert-OH is 1. The minimum absolute atomic E-state index is 0.185. The monoisotopic (exact) mass is 359 g/mol. The van der Waals surface area contributed by atoms with Crippen molar-refractivity contribution in [3.8, 4) is 11.1 Å². The van der Waals surface area contributed by atoms with E-state index in [0.717, 1.165) is 0 Å². The van der Waals surface area contributed by atoms with Crippen molar-refractivity contribution in [2.45, 2.75) is 19.6 Å². The lowest BCUT2D eigenvalue weighted by Crippen LogP contribution is -2.33. The minimum Gasteiger partial charge on any atom is -0.442 e. The van der Waals surface area contributed by atoms with Gasteiger partial charge in [0.2, 0.25) is 5.91 Å². The number of cyclic esters (lactones) is 1. The van der Waals surface area contributed by atoms with Crippen LogP contribution in [0.2, 0.25) is 0 Å². The normalized spacial score (nSPS) is 16.5. The van der Waals surface area contributed by atoms with E-state index >= 15 is 0 Å². The average Bonchev–Trinajstić information content (AvgIpc) is 3.00. The molecule has 1 fully saturated rings. The number of hydrogen-bond donors (Lipinski definition) is 2. The molecule has 8 heteroatoms. The second kappa shape index (κ2) is 7.49. The van der Waals surface area contributed by atoms with Crippen LogP contribution in [0.3, 0.4) is 0 Å². The van der Waals surface area contributed by atoms with Crippen LogP contribution in [0.25, 0.3) is 11.1 Å². The molecule has 2 N–H and O–H groups in total. The number of amides is 2. The van der Waals surface area contributed by atoms with Crippen molar-refractivity contribution in [3.63, 3.8) is 0 Å². The smallest absolute Gasteiger partial charge is 0.414 e. The maximum absolute atomic E-state index is 14.6. The van der Waals surface area contributed by atoms with Crippen LogP contribution in [0, 0.1) is 5.82 Å². The first kappa shape index (κ1) is 17.8. The average molecular weight is 359 g/mol. The van der Waals surface area contributed by atoms with E-state index in [1.807, 2.05) is 0 Å². The summed E-state index contributed by atoms with van der Waals surface area (Å²) >= 11 is 0. The molecule has 1 aromatic carbocycles. The van der Waals surface area contributed by atoms with Crippen LogP contribution in [-0.2, 0) is 16.1 Å². The fourth-order valence-electron chi connectivity index (χ4n) is 2.72. The third kappa shape index (κ3) is 3.80. The zero-order valence-electron chi connectivity index (χ0n) is 14.1. The molecule has 26 heavy (non-hydrogen) atoms. The second-order valence-electron chi connectivity index (χ2n) is 5.96. The molecule has 1 aliphatic rings. The van der Waals surface area contributed by atoms with Gasteiger partial charge < -0.3 is 15.2 Å². The Bertz CT molecular complexity index is 843. The number of aromatic nitrogens is 1. The maximum atomic E-state index is 14.6. The van der Waals surface area contributed by atoms with E-state index in [0.29, 0.717) is 22.4 Å². The van der Waals surface area contributed by atoms with E-state index in [9.17, 15) is 19.1 Å². The van der Waals surface area contributed by atoms with Gasteiger partial charge in [0.05, 0.1) is 25.4 Å². The van der Waals surface area contributed by atoms with Crippen LogP contribution in [-0.4, -0.2) is 41.3 Å². The summed E-state index contributed by atoms with van der Waals surface area (Å²) < 4.78 is 19.8. The highest BCUT2D eigenvalue weighted by molar-refractivity contribution is 5.90. The predicted molar refractivity (Wildman–Crippen MR) is 91.9 cm³/mol. The van der Waals surface area contributed by atoms with Crippen molar-refractivity contribution in [1.29, 1.82) is 0 Å². The van der Waals surface area contributed by atoms with E-state index in [1.165, 1.54) is 30.3 Å². The summed E-state index contributed by atoms with van der Waals surface area (Å²) in [6.07, 6.45) is 1.94. The fourth-order valence-corrected chi connectivity index (χ4v) is 2.72. The first-order valence-electron chi connectivity index (χ1n) is 8.05. The molecule has 1 unspecified atom stereocenters. The van der Waals surface area contributed by atoms with Crippen LogP contribution < -0.4 is 10.2 Å². The number of hydrogen-bond acceptors (Lipinski definition) is 5. The number of anilines is 1. The Morgan fingerprint density at radius 2 is 2.23 bits per heavy atom. The van der Waals surface area contributed by atoms with Crippen LogP contribution in [0.15, 0.2) is 36.7 Å².